The zero-order valence-corrected chi connectivity index (χ0v) is 16.1. The highest BCUT2D eigenvalue weighted by Crippen LogP contribution is 2.38. The van der Waals surface area contributed by atoms with E-state index in [9.17, 15) is 28.6 Å². The number of phenolic OH excluding ortho intramolecular Hbond substituents is 1. The molecule has 4 rings (SSSR count). The van der Waals surface area contributed by atoms with Gasteiger partial charge in [0.1, 0.15) is 21.9 Å². The third-order valence-corrected chi connectivity index (χ3v) is 5.54. The number of carboxylic acid groups (broad SMARTS) is 1. The number of aromatic hydroxyl groups is 1. The van der Waals surface area contributed by atoms with Crippen LogP contribution in [-0.4, -0.2) is 22.1 Å². The average molecular weight is 429 g/mol. The van der Waals surface area contributed by atoms with Crippen molar-refractivity contribution in [2.24, 2.45) is 0 Å². The van der Waals surface area contributed by atoms with Gasteiger partial charge in [-0.1, -0.05) is 12.1 Å². The minimum Gasteiger partial charge on any atom is -0.506 e. The molecular formula is C21H13F2NO5S. The summed E-state index contributed by atoms with van der Waals surface area (Å²) in [5.74, 6) is -4.74. The lowest BCUT2D eigenvalue weighted by Gasteiger charge is -2.09. The van der Waals surface area contributed by atoms with Crippen LogP contribution in [0.15, 0.2) is 46.4 Å². The Balaban J connectivity index is 1.75. The molecule has 3 N–H and O–H groups in total. The highest BCUT2D eigenvalue weighted by Gasteiger charge is 2.25. The molecule has 0 saturated heterocycles. The van der Waals surface area contributed by atoms with E-state index in [4.69, 9.17) is 4.42 Å². The Hall–Kier alpha value is -3.72. The lowest BCUT2D eigenvalue weighted by molar-refractivity contribution is 0.0699. The summed E-state index contributed by atoms with van der Waals surface area (Å²) in [7, 11) is 0. The maximum Gasteiger partial charge on any atom is 0.339 e. The monoisotopic (exact) mass is 429 g/mol. The normalized spacial score (nSPS) is 11.0. The number of amides is 1. The number of hydrogen-bond donors (Lipinski definition) is 3. The maximum atomic E-state index is 14.4. The van der Waals surface area contributed by atoms with Crippen LogP contribution in [0, 0.1) is 18.6 Å². The number of benzene rings is 2. The Morgan fingerprint density at radius 2 is 1.83 bits per heavy atom. The Labute approximate surface area is 172 Å². The van der Waals surface area contributed by atoms with E-state index in [1.165, 1.54) is 48.9 Å². The van der Waals surface area contributed by atoms with E-state index in [-0.39, 0.29) is 38.6 Å². The summed E-state index contributed by atoms with van der Waals surface area (Å²) in [5, 5.41) is 24.0. The quantitative estimate of drug-likeness (QED) is 0.403. The second-order valence-electron chi connectivity index (χ2n) is 6.46. The number of phenols is 1. The Kier molecular flexibility index (Phi) is 4.75. The van der Waals surface area contributed by atoms with Crippen LogP contribution in [0.5, 0.6) is 5.75 Å². The highest BCUT2D eigenvalue weighted by molar-refractivity contribution is 7.15. The lowest BCUT2D eigenvalue weighted by atomic mass is 10.0. The van der Waals surface area contributed by atoms with E-state index in [2.05, 4.69) is 5.32 Å². The van der Waals surface area contributed by atoms with Crippen LogP contribution in [0.1, 0.15) is 26.3 Å². The summed E-state index contributed by atoms with van der Waals surface area (Å²) in [4.78, 5) is 24.5. The SMILES string of the molecule is Cc1ccc(-c2csc(NC(=O)c3ccc4occc4c3O)c2C(=O)O)c(F)c1F. The number of fused-ring (bicyclic) bond motifs is 1. The molecule has 0 radical (unpaired) electrons. The Morgan fingerprint density at radius 1 is 1.07 bits per heavy atom. The molecule has 0 aliphatic heterocycles. The fourth-order valence-electron chi connectivity index (χ4n) is 3.10. The first-order chi connectivity index (χ1) is 14.3. The zero-order chi connectivity index (χ0) is 21.6. The number of furan rings is 1. The van der Waals surface area contributed by atoms with E-state index >= 15 is 0 Å². The Bertz CT molecular complexity index is 1320. The summed E-state index contributed by atoms with van der Waals surface area (Å²) >= 11 is 0.850. The number of carbonyl (C=O) groups excluding carboxylic acids is 1. The van der Waals surface area contributed by atoms with E-state index < -0.39 is 23.5 Å². The second kappa shape index (κ2) is 7.27. The summed E-state index contributed by atoms with van der Waals surface area (Å²) in [6.07, 6.45) is 1.36. The van der Waals surface area contributed by atoms with Crippen LogP contribution >= 0.6 is 11.3 Å². The first-order valence-corrected chi connectivity index (χ1v) is 9.47. The van der Waals surface area contributed by atoms with Crippen molar-refractivity contribution >= 4 is 39.2 Å². The molecule has 2 aromatic heterocycles. The number of nitrogens with one attached hydrogen (secondary N) is 1. The third kappa shape index (κ3) is 3.09. The predicted molar refractivity (Wildman–Crippen MR) is 107 cm³/mol. The topological polar surface area (TPSA) is 99.8 Å². The van der Waals surface area contributed by atoms with Gasteiger partial charge in [-0.25, -0.2) is 13.6 Å². The minimum absolute atomic E-state index is 0.0614. The van der Waals surface area contributed by atoms with Crippen molar-refractivity contribution in [3.8, 4) is 16.9 Å². The molecule has 9 heteroatoms. The number of anilines is 1. The molecule has 0 bridgehead atoms. The zero-order valence-electron chi connectivity index (χ0n) is 15.3. The first kappa shape index (κ1) is 19.6. The van der Waals surface area contributed by atoms with Gasteiger partial charge in [0.2, 0.25) is 0 Å². The number of carboxylic acids is 1. The number of carbonyl (C=O) groups is 2. The standard InChI is InChI=1S/C21H13F2NO5S/c1-9-2-3-10(17(23)16(9)22)13-8-30-20(15(13)21(27)28)24-19(26)12-4-5-14-11(18(12)25)6-7-29-14/h2-8,25H,1H3,(H,24,26)(H,27,28). The summed E-state index contributed by atoms with van der Waals surface area (Å²) < 4.78 is 33.5. The van der Waals surface area contributed by atoms with E-state index in [1.54, 1.807) is 0 Å². The molecule has 2 heterocycles. The van der Waals surface area contributed by atoms with Crippen LogP contribution in [-0.2, 0) is 0 Å². The molecule has 152 valence electrons. The molecule has 2 aromatic carbocycles. The van der Waals surface area contributed by atoms with E-state index in [1.807, 2.05) is 0 Å². The van der Waals surface area contributed by atoms with Crippen LogP contribution in [0.4, 0.5) is 13.8 Å². The first-order valence-electron chi connectivity index (χ1n) is 8.60. The highest BCUT2D eigenvalue weighted by atomic mass is 32.1. The molecule has 0 fully saturated rings. The van der Waals surface area contributed by atoms with Crippen molar-refractivity contribution in [3.05, 3.63) is 70.3 Å². The van der Waals surface area contributed by atoms with Crippen LogP contribution in [0.3, 0.4) is 0 Å². The third-order valence-electron chi connectivity index (χ3n) is 4.65. The van der Waals surface area contributed by atoms with Crippen LogP contribution in [0.25, 0.3) is 22.1 Å². The number of hydrogen-bond acceptors (Lipinski definition) is 5. The second-order valence-corrected chi connectivity index (χ2v) is 7.34. The van der Waals surface area contributed by atoms with E-state index in [0.29, 0.717) is 11.0 Å². The number of aromatic carboxylic acids is 1. The van der Waals surface area contributed by atoms with Gasteiger partial charge in [0, 0.05) is 16.5 Å². The molecule has 30 heavy (non-hydrogen) atoms. The van der Waals surface area contributed by atoms with Gasteiger partial charge in [0.25, 0.3) is 5.91 Å². The maximum absolute atomic E-state index is 14.4. The fraction of sp³-hybridized carbons (Fsp3) is 0.0476. The van der Waals surface area contributed by atoms with Crippen molar-refractivity contribution in [2.45, 2.75) is 6.92 Å². The van der Waals surface area contributed by atoms with Gasteiger partial charge in [-0.2, -0.15) is 0 Å². The molecule has 1 amide bonds. The van der Waals surface area contributed by atoms with Gasteiger partial charge in [-0.05, 0) is 30.7 Å². The van der Waals surface area contributed by atoms with Crippen molar-refractivity contribution in [2.75, 3.05) is 5.32 Å². The van der Waals surface area contributed by atoms with Gasteiger partial charge < -0.3 is 19.9 Å². The molecule has 0 aliphatic carbocycles. The number of halogens is 2. The molecule has 0 aliphatic rings. The Morgan fingerprint density at radius 3 is 2.57 bits per heavy atom. The average Bonchev–Trinajstić information content (AvgIpc) is 3.34. The molecule has 0 unspecified atom stereocenters. The van der Waals surface area contributed by atoms with Crippen molar-refractivity contribution in [1.29, 1.82) is 0 Å². The minimum atomic E-state index is -1.42. The largest absolute Gasteiger partial charge is 0.506 e. The fourth-order valence-corrected chi connectivity index (χ4v) is 4.04. The molecule has 0 atom stereocenters. The van der Waals surface area contributed by atoms with Gasteiger partial charge in [0.15, 0.2) is 11.6 Å². The smallest absolute Gasteiger partial charge is 0.339 e. The van der Waals surface area contributed by atoms with Gasteiger partial charge in [-0.15, -0.1) is 11.3 Å². The number of rotatable bonds is 4. The van der Waals surface area contributed by atoms with Crippen molar-refractivity contribution in [3.63, 3.8) is 0 Å². The summed E-state index contributed by atoms with van der Waals surface area (Å²) in [6.45, 7) is 1.39. The predicted octanol–water partition coefficient (Wildman–Crippen LogP) is 5.40. The van der Waals surface area contributed by atoms with Crippen molar-refractivity contribution < 1.29 is 33.0 Å². The molecule has 6 nitrogen and oxygen atoms in total. The van der Waals surface area contributed by atoms with Crippen LogP contribution < -0.4 is 5.32 Å². The lowest BCUT2D eigenvalue weighted by Crippen LogP contribution is -2.14. The van der Waals surface area contributed by atoms with Gasteiger partial charge >= 0.3 is 5.97 Å². The number of aryl methyl sites for hydroxylation is 1. The van der Waals surface area contributed by atoms with Crippen LogP contribution in [0.2, 0.25) is 0 Å². The number of thiophene rings is 1. The molecular weight excluding hydrogens is 416 g/mol. The molecule has 0 spiro atoms. The molecule has 0 saturated carbocycles. The summed E-state index contributed by atoms with van der Waals surface area (Å²) in [6, 6.07) is 6.94. The summed E-state index contributed by atoms with van der Waals surface area (Å²) in [5.41, 5.74) is -0.293. The van der Waals surface area contributed by atoms with Gasteiger partial charge in [-0.3, -0.25) is 4.79 Å². The molecule has 4 aromatic rings. The van der Waals surface area contributed by atoms with Crippen molar-refractivity contribution in [1.82, 2.24) is 0 Å². The van der Waals surface area contributed by atoms with E-state index in [0.717, 1.165) is 11.3 Å². The van der Waals surface area contributed by atoms with Gasteiger partial charge in [0.05, 0.1) is 17.2 Å².